The molecule has 1 amide bonds. The number of ether oxygens (including phenoxy) is 1. The highest BCUT2D eigenvalue weighted by Crippen LogP contribution is 2.38. The number of halogens is 1. The first-order valence-electron chi connectivity index (χ1n) is 7.65. The average molecular weight is 329 g/mol. The number of hydrogen-bond donors (Lipinski definition) is 0. The van der Waals surface area contributed by atoms with Crippen molar-refractivity contribution in [3.63, 3.8) is 0 Å². The Bertz CT molecular complexity index is 734. The minimum Gasteiger partial charge on any atom is -0.457 e. The predicted molar refractivity (Wildman–Crippen MR) is 88.6 cm³/mol. The lowest BCUT2D eigenvalue weighted by molar-refractivity contribution is 0.0747. The first kappa shape index (κ1) is 14.6. The van der Waals surface area contributed by atoms with Crippen LogP contribution in [0, 0.1) is 5.82 Å². The van der Waals surface area contributed by atoms with Crippen LogP contribution in [-0.4, -0.2) is 34.4 Å². The van der Waals surface area contributed by atoms with Gasteiger partial charge in [0.1, 0.15) is 17.3 Å². The van der Waals surface area contributed by atoms with Crippen molar-refractivity contribution in [2.75, 3.05) is 12.3 Å². The van der Waals surface area contributed by atoms with Crippen molar-refractivity contribution in [3.05, 3.63) is 59.9 Å². The molecule has 4 rings (SSSR count). The number of benzene rings is 2. The van der Waals surface area contributed by atoms with E-state index in [1.165, 1.54) is 12.1 Å². The summed E-state index contributed by atoms with van der Waals surface area (Å²) in [5.41, 5.74) is 0.641. The van der Waals surface area contributed by atoms with Gasteiger partial charge < -0.3 is 9.64 Å². The van der Waals surface area contributed by atoms with Crippen LogP contribution in [0.25, 0.3) is 0 Å². The zero-order valence-electron chi connectivity index (χ0n) is 12.4. The normalized spacial score (nSPS) is 22.4. The van der Waals surface area contributed by atoms with Crippen LogP contribution in [0.5, 0.6) is 11.5 Å². The SMILES string of the molecule is O=C(c1cccc(Oc2ccc(F)cc2)c1)N1CC2CC1CS2. The van der Waals surface area contributed by atoms with E-state index in [1.807, 2.05) is 28.8 Å². The number of likely N-dealkylation sites (tertiary alicyclic amines) is 1. The fourth-order valence-electron chi connectivity index (χ4n) is 3.15. The third-order valence-corrected chi connectivity index (χ3v) is 5.68. The molecule has 2 saturated heterocycles. The van der Waals surface area contributed by atoms with Gasteiger partial charge in [0.15, 0.2) is 0 Å². The van der Waals surface area contributed by atoms with Gasteiger partial charge >= 0.3 is 0 Å². The summed E-state index contributed by atoms with van der Waals surface area (Å²) >= 11 is 1.97. The molecule has 2 aliphatic heterocycles. The van der Waals surface area contributed by atoms with Crippen LogP contribution in [0.3, 0.4) is 0 Å². The zero-order valence-corrected chi connectivity index (χ0v) is 13.3. The molecule has 0 radical (unpaired) electrons. The van der Waals surface area contributed by atoms with Crippen molar-refractivity contribution in [1.82, 2.24) is 4.90 Å². The third-order valence-electron chi connectivity index (χ3n) is 4.29. The Hall–Kier alpha value is -2.01. The van der Waals surface area contributed by atoms with Gasteiger partial charge in [0.25, 0.3) is 5.91 Å². The second-order valence-corrected chi connectivity index (χ2v) is 7.22. The molecule has 0 saturated carbocycles. The van der Waals surface area contributed by atoms with Gasteiger partial charge in [-0.25, -0.2) is 4.39 Å². The molecule has 2 aliphatic rings. The Kier molecular flexibility index (Phi) is 3.73. The molecule has 0 aromatic heterocycles. The number of rotatable bonds is 3. The van der Waals surface area contributed by atoms with Crippen LogP contribution in [0.4, 0.5) is 4.39 Å². The maximum Gasteiger partial charge on any atom is 0.254 e. The number of nitrogens with zero attached hydrogens (tertiary/aromatic N) is 1. The monoisotopic (exact) mass is 329 g/mol. The summed E-state index contributed by atoms with van der Waals surface area (Å²) in [5, 5.41) is 0.600. The molecule has 2 fully saturated rings. The Morgan fingerprint density at radius 1 is 1.17 bits per heavy atom. The Labute approximate surface area is 138 Å². The van der Waals surface area contributed by atoms with Crippen LogP contribution in [0.15, 0.2) is 48.5 Å². The summed E-state index contributed by atoms with van der Waals surface area (Å²) in [6.45, 7) is 0.844. The fourth-order valence-corrected chi connectivity index (χ4v) is 4.58. The molecule has 2 unspecified atom stereocenters. The Morgan fingerprint density at radius 2 is 2.00 bits per heavy atom. The number of amides is 1. The maximum atomic E-state index is 12.9. The molecule has 0 spiro atoms. The molecule has 2 aromatic carbocycles. The van der Waals surface area contributed by atoms with Crippen LogP contribution in [-0.2, 0) is 0 Å². The molecule has 3 nitrogen and oxygen atoms in total. The summed E-state index contributed by atoms with van der Waals surface area (Å²) in [7, 11) is 0. The van der Waals surface area contributed by atoms with Gasteiger partial charge in [-0.1, -0.05) is 6.07 Å². The first-order chi connectivity index (χ1) is 11.2. The molecular formula is C18H16FNO2S. The summed E-state index contributed by atoms with van der Waals surface area (Å²) in [4.78, 5) is 14.7. The van der Waals surface area contributed by atoms with Crippen LogP contribution in [0.1, 0.15) is 16.8 Å². The van der Waals surface area contributed by atoms with Gasteiger partial charge in [-0.05, 0) is 48.9 Å². The van der Waals surface area contributed by atoms with E-state index < -0.39 is 0 Å². The van der Waals surface area contributed by atoms with E-state index in [4.69, 9.17) is 4.74 Å². The number of hydrogen-bond acceptors (Lipinski definition) is 3. The fraction of sp³-hybridized carbons (Fsp3) is 0.278. The molecule has 2 heterocycles. The van der Waals surface area contributed by atoms with Gasteiger partial charge in [0, 0.05) is 29.2 Å². The topological polar surface area (TPSA) is 29.5 Å². The molecule has 23 heavy (non-hydrogen) atoms. The van der Waals surface area contributed by atoms with Crippen molar-refractivity contribution < 1.29 is 13.9 Å². The van der Waals surface area contributed by atoms with Gasteiger partial charge in [-0.2, -0.15) is 11.8 Å². The van der Waals surface area contributed by atoms with E-state index >= 15 is 0 Å². The number of thioether (sulfide) groups is 1. The summed E-state index contributed by atoms with van der Waals surface area (Å²) in [6.07, 6.45) is 1.11. The Morgan fingerprint density at radius 3 is 2.70 bits per heavy atom. The van der Waals surface area contributed by atoms with Crippen LogP contribution in [0.2, 0.25) is 0 Å². The average Bonchev–Trinajstić information content (AvgIpc) is 3.20. The van der Waals surface area contributed by atoms with Crippen molar-refractivity contribution in [1.29, 1.82) is 0 Å². The second-order valence-electron chi connectivity index (χ2n) is 5.89. The first-order valence-corrected chi connectivity index (χ1v) is 8.70. The highest BCUT2D eigenvalue weighted by atomic mass is 32.2. The quantitative estimate of drug-likeness (QED) is 0.854. The van der Waals surface area contributed by atoms with Crippen molar-refractivity contribution in [3.8, 4) is 11.5 Å². The van der Waals surface area contributed by atoms with Crippen molar-refractivity contribution in [2.45, 2.75) is 17.7 Å². The largest absolute Gasteiger partial charge is 0.457 e. The van der Waals surface area contributed by atoms with E-state index in [9.17, 15) is 9.18 Å². The molecule has 5 heteroatoms. The maximum absolute atomic E-state index is 12.9. The lowest BCUT2D eigenvalue weighted by Gasteiger charge is -2.26. The molecular weight excluding hydrogens is 313 g/mol. The highest BCUT2D eigenvalue weighted by molar-refractivity contribution is 8.00. The number of fused-ring (bicyclic) bond motifs is 2. The van der Waals surface area contributed by atoms with Crippen LogP contribution >= 0.6 is 11.8 Å². The molecule has 2 aromatic rings. The Balaban J connectivity index is 1.52. The summed E-state index contributed by atoms with van der Waals surface area (Å²) in [5.74, 6) is 1.95. The lowest BCUT2D eigenvalue weighted by Crippen LogP contribution is -2.39. The lowest BCUT2D eigenvalue weighted by atomic mass is 10.1. The summed E-state index contributed by atoms with van der Waals surface area (Å²) in [6, 6.07) is 13.4. The van der Waals surface area contributed by atoms with Crippen molar-refractivity contribution in [2.24, 2.45) is 0 Å². The van der Waals surface area contributed by atoms with Gasteiger partial charge in [0.05, 0.1) is 0 Å². The van der Waals surface area contributed by atoms with Gasteiger partial charge in [-0.15, -0.1) is 0 Å². The van der Waals surface area contributed by atoms with E-state index in [-0.39, 0.29) is 11.7 Å². The second kappa shape index (κ2) is 5.89. The zero-order chi connectivity index (χ0) is 15.8. The van der Waals surface area contributed by atoms with E-state index in [0.717, 1.165) is 18.7 Å². The molecule has 118 valence electrons. The summed E-state index contributed by atoms with van der Waals surface area (Å²) < 4.78 is 18.6. The molecule has 2 atom stereocenters. The van der Waals surface area contributed by atoms with Crippen molar-refractivity contribution >= 4 is 17.7 Å². The smallest absolute Gasteiger partial charge is 0.254 e. The van der Waals surface area contributed by atoms with E-state index in [2.05, 4.69) is 0 Å². The molecule has 0 aliphatic carbocycles. The molecule has 0 N–H and O–H groups in total. The predicted octanol–water partition coefficient (Wildman–Crippen LogP) is 3.95. The van der Waals surface area contributed by atoms with E-state index in [1.54, 1.807) is 24.3 Å². The minimum absolute atomic E-state index is 0.0716. The molecule has 2 bridgehead atoms. The van der Waals surface area contributed by atoms with Gasteiger partial charge in [0.2, 0.25) is 0 Å². The minimum atomic E-state index is -0.303. The standard InChI is InChI=1S/C18H16FNO2S/c19-13-4-6-15(7-5-13)22-16-3-1-2-12(8-16)18(21)20-10-17-9-14(20)11-23-17/h1-8,14,17H,9-11H2. The number of carbonyl (C=O) groups excluding carboxylic acids is 1. The van der Waals surface area contributed by atoms with Gasteiger partial charge in [-0.3, -0.25) is 4.79 Å². The third kappa shape index (κ3) is 2.93. The van der Waals surface area contributed by atoms with E-state index in [0.29, 0.717) is 28.4 Å². The number of carbonyl (C=O) groups is 1. The highest BCUT2D eigenvalue weighted by Gasteiger charge is 2.41. The van der Waals surface area contributed by atoms with Crippen LogP contribution < -0.4 is 4.74 Å².